The Balaban J connectivity index is 1.78. The largest absolute Gasteiger partial charge is 0.496 e. The lowest BCUT2D eigenvalue weighted by molar-refractivity contribution is 0.0693. The number of rotatable bonds is 8. The van der Waals surface area contributed by atoms with Crippen LogP contribution in [-0.2, 0) is 11.3 Å². The molecule has 0 spiro atoms. The highest BCUT2D eigenvalue weighted by Crippen LogP contribution is 2.24. The highest BCUT2D eigenvalue weighted by atomic mass is 16.5. The first-order valence-corrected chi connectivity index (χ1v) is 6.86. The first kappa shape index (κ1) is 15.9. The Kier molecular flexibility index (Phi) is 5.80. The Morgan fingerprint density at radius 3 is 2.55 bits per heavy atom. The van der Waals surface area contributed by atoms with Crippen LogP contribution in [0.1, 0.15) is 15.9 Å². The van der Waals surface area contributed by atoms with Crippen molar-refractivity contribution in [2.24, 2.45) is 0 Å². The number of carboxylic acid groups (broad SMARTS) is 1. The van der Waals surface area contributed by atoms with Crippen molar-refractivity contribution in [1.82, 2.24) is 0 Å². The fraction of sp³-hybridized carbons (Fsp3) is 0.235. The maximum absolute atomic E-state index is 11.0. The summed E-state index contributed by atoms with van der Waals surface area (Å²) in [5.74, 6) is -0.213. The highest BCUT2D eigenvalue weighted by molar-refractivity contribution is 5.91. The normalized spacial score (nSPS) is 10.2. The minimum atomic E-state index is -1.03. The maximum atomic E-state index is 11.0. The van der Waals surface area contributed by atoms with E-state index in [1.165, 1.54) is 13.2 Å². The molecule has 116 valence electrons. The zero-order valence-electron chi connectivity index (χ0n) is 12.3. The molecule has 0 fully saturated rings. The molecule has 0 saturated carbocycles. The molecule has 1 N–H and O–H groups in total. The molecule has 5 heteroatoms. The van der Waals surface area contributed by atoms with Gasteiger partial charge in [-0.3, -0.25) is 0 Å². The SMILES string of the molecule is COc1cc(OCCOCc2ccccc2)ccc1C(=O)O. The molecule has 0 amide bonds. The topological polar surface area (TPSA) is 65.0 Å². The van der Waals surface area contributed by atoms with Crippen molar-refractivity contribution in [1.29, 1.82) is 0 Å². The van der Waals surface area contributed by atoms with Crippen molar-refractivity contribution < 1.29 is 24.1 Å². The van der Waals surface area contributed by atoms with E-state index in [1.54, 1.807) is 12.1 Å². The van der Waals surface area contributed by atoms with Gasteiger partial charge < -0.3 is 19.3 Å². The van der Waals surface area contributed by atoms with Crippen LogP contribution in [0.3, 0.4) is 0 Å². The molecule has 0 aliphatic rings. The Hall–Kier alpha value is -2.53. The second-order valence-electron chi connectivity index (χ2n) is 4.55. The zero-order chi connectivity index (χ0) is 15.8. The van der Waals surface area contributed by atoms with Crippen LogP contribution in [0.4, 0.5) is 0 Å². The van der Waals surface area contributed by atoms with E-state index in [-0.39, 0.29) is 11.3 Å². The molecule has 2 aromatic rings. The van der Waals surface area contributed by atoms with Crippen LogP contribution in [0.5, 0.6) is 11.5 Å². The van der Waals surface area contributed by atoms with Crippen molar-refractivity contribution in [3.8, 4) is 11.5 Å². The van der Waals surface area contributed by atoms with E-state index >= 15 is 0 Å². The van der Waals surface area contributed by atoms with Gasteiger partial charge in [0.2, 0.25) is 0 Å². The summed E-state index contributed by atoms with van der Waals surface area (Å²) in [6, 6.07) is 14.5. The van der Waals surface area contributed by atoms with Crippen LogP contribution in [0.15, 0.2) is 48.5 Å². The number of carbonyl (C=O) groups is 1. The Morgan fingerprint density at radius 2 is 1.86 bits per heavy atom. The van der Waals surface area contributed by atoms with E-state index < -0.39 is 5.97 Å². The van der Waals surface area contributed by atoms with E-state index in [2.05, 4.69) is 0 Å². The second-order valence-corrected chi connectivity index (χ2v) is 4.55. The Morgan fingerprint density at radius 1 is 1.09 bits per heavy atom. The third kappa shape index (κ3) is 4.49. The van der Waals surface area contributed by atoms with Gasteiger partial charge in [0.05, 0.1) is 20.3 Å². The molecule has 0 aliphatic heterocycles. The molecule has 0 heterocycles. The lowest BCUT2D eigenvalue weighted by Gasteiger charge is -2.10. The third-order valence-electron chi connectivity index (χ3n) is 3.01. The van der Waals surface area contributed by atoms with Gasteiger partial charge in [0.1, 0.15) is 23.7 Å². The van der Waals surface area contributed by atoms with Gasteiger partial charge in [-0.2, -0.15) is 0 Å². The monoisotopic (exact) mass is 302 g/mol. The van der Waals surface area contributed by atoms with E-state index in [1.807, 2.05) is 30.3 Å². The number of benzene rings is 2. The summed E-state index contributed by atoms with van der Waals surface area (Å²) in [6.45, 7) is 1.35. The van der Waals surface area contributed by atoms with Gasteiger partial charge in [0, 0.05) is 6.07 Å². The first-order valence-electron chi connectivity index (χ1n) is 6.86. The van der Waals surface area contributed by atoms with Crippen LogP contribution in [0.2, 0.25) is 0 Å². The molecular weight excluding hydrogens is 284 g/mol. The molecule has 0 radical (unpaired) electrons. The molecule has 2 rings (SSSR count). The zero-order valence-corrected chi connectivity index (χ0v) is 12.3. The number of hydrogen-bond donors (Lipinski definition) is 1. The van der Waals surface area contributed by atoms with Crippen LogP contribution in [-0.4, -0.2) is 31.4 Å². The van der Waals surface area contributed by atoms with Crippen LogP contribution < -0.4 is 9.47 Å². The molecule has 0 unspecified atom stereocenters. The Labute approximate surface area is 129 Å². The molecule has 22 heavy (non-hydrogen) atoms. The van der Waals surface area contributed by atoms with Crippen LogP contribution in [0.25, 0.3) is 0 Å². The number of hydrogen-bond acceptors (Lipinski definition) is 4. The van der Waals surface area contributed by atoms with Gasteiger partial charge >= 0.3 is 5.97 Å². The highest BCUT2D eigenvalue weighted by Gasteiger charge is 2.11. The molecule has 2 aromatic carbocycles. The molecule has 0 bridgehead atoms. The van der Waals surface area contributed by atoms with Crippen LogP contribution >= 0.6 is 0 Å². The molecule has 0 aliphatic carbocycles. The quantitative estimate of drug-likeness (QED) is 0.759. The van der Waals surface area contributed by atoms with Gasteiger partial charge in [0.25, 0.3) is 0 Å². The summed E-state index contributed by atoms with van der Waals surface area (Å²) < 4.78 is 16.1. The summed E-state index contributed by atoms with van der Waals surface area (Å²) in [7, 11) is 1.43. The van der Waals surface area contributed by atoms with Gasteiger partial charge in [-0.05, 0) is 17.7 Å². The smallest absolute Gasteiger partial charge is 0.339 e. The van der Waals surface area contributed by atoms with Gasteiger partial charge in [0.15, 0.2) is 0 Å². The summed E-state index contributed by atoms with van der Waals surface area (Å²) >= 11 is 0. The molecular formula is C17H18O5. The van der Waals surface area contributed by atoms with Crippen molar-refractivity contribution >= 4 is 5.97 Å². The fourth-order valence-electron chi connectivity index (χ4n) is 1.92. The van der Waals surface area contributed by atoms with Crippen molar-refractivity contribution in [2.75, 3.05) is 20.3 Å². The number of aromatic carboxylic acids is 1. The van der Waals surface area contributed by atoms with E-state index in [9.17, 15) is 4.79 Å². The van der Waals surface area contributed by atoms with E-state index in [4.69, 9.17) is 19.3 Å². The fourth-order valence-corrected chi connectivity index (χ4v) is 1.92. The summed E-state index contributed by atoms with van der Waals surface area (Å²) in [5, 5.41) is 9.00. The Bertz CT molecular complexity index is 610. The van der Waals surface area contributed by atoms with E-state index in [0.717, 1.165) is 5.56 Å². The lowest BCUT2D eigenvalue weighted by atomic mass is 10.2. The van der Waals surface area contributed by atoms with Crippen molar-refractivity contribution in [3.63, 3.8) is 0 Å². The van der Waals surface area contributed by atoms with Crippen molar-refractivity contribution in [3.05, 3.63) is 59.7 Å². The minimum absolute atomic E-state index is 0.107. The van der Waals surface area contributed by atoms with Gasteiger partial charge in [-0.15, -0.1) is 0 Å². The predicted octanol–water partition coefficient (Wildman–Crippen LogP) is 2.99. The number of carboxylic acids is 1. The second kappa shape index (κ2) is 8.05. The molecule has 0 saturated heterocycles. The van der Waals surface area contributed by atoms with E-state index in [0.29, 0.717) is 25.6 Å². The minimum Gasteiger partial charge on any atom is -0.496 e. The lowest BCUT2D eigenvalue weighted by Crippen LogP contribution is -2.07. The molecule has 5 nitrogen and oxygen atoms in total. The average molecular weight is 302 g/mol. The number of ether oxygens (including phenoxy) is 3. The first-order chi connectivity index (χ1) is 10.7. The summed E-state index contributed by atoms with van der Waals surface area (Å²) in [5.41, 5.74) is 1.21. The summed E-state index contributed by atoms with van der Waals surface area (Å²) in [4.78, 5) is 11.0. The third-order valence-corrected chi connectivity index (χ3v) is 3.01. The summed E-state index contributed by atoms with van der Waals surface area (Å²) in [6.07, 6.45) is 0. The maximum Gasteiger partial charge on any atom is 0.339 e. The predicted molar refractivity (Wildman–Crippen MR) is 81.5 cm³/mol. The van der Waals surface area contributed by atoms with Crippen LogP contribution in [0, 0.1) is 0 Å². The average Bonchev–Trinajstić information content (AvgIpc) is 2.55. The standard InChI is InChI=1S/C17H18O5/c1-20-16-11-14(7-8-15(16)17(18)19)22-10-9-21-12-13-5-3-2-4-6-13/h2-8,11H,9-10,12H2,1H3,(H,18,19). The van der Waals surface area contributed by atoms with Gasteiger partial charge in [-0.25, -0.2) is 4.79 Å². The van der Waals surface area contributed by atoms with Crippen molar-refractivity contribution in [2.45, 2.75) is 6.61 Å². The molecule has 0 aromatic heterocycles. The molecule has 0 atom stereocenters. The number of methoxy groups -OCH3 is 1. The van der Waals surface area contributed by atoms with Gasteiger partial charge in [-0.1, -0.05) is 30.3 Å².